The smallest absolute Gasteiger partial charge is 0.233 e. The molecule has 1 amide bonds. The van der Waals surface area contributed by atoms with E-state index in [1.165, 1.54) is 0 Å². The zero-order valence-electron chi connectivity index (χ0n) is 11.0. The first kappa shape index (κ1) is 13.3. The maximum absolute atomic E-state index is 12.4. The van der Waals surface area contributed by atoms with Crippen molar-refractivity contribution in [2.24, 2.45) is 0 Å². The van der Waals surface area contributed by atoms with Gasteiger partial charge >= 0.3 is 0 Å². The van der Waals surface area contributed by atoms with Crippen LogP contribution in [0.3, 0.4) is 0 Å². The van der Waals surface area contributed by atoms with Crippen LogP contribution in [0.1, 0.15) is 31.2 Å². The minimum absolute atomic E-state index is 0.00625. The van der Waals surface area contributed by atoms with E-state index in [0.717, 1.165) is 18.4 Å². The van der Waals surface area contributed by atoms with Gasteiger partial charge in [0, 0.05) is 6.20 Å². The van der Waals surface area contributed by atoms with E-state index in [-0.39, 0.29) is 11.8 Å². The molecule has 0 fully saturated rings. The van der Waals surface area contributed by atoms with Crippen LogP contribution in [0, 0.1) is 0 Å². The standard InChI is InChI=1S/C16H18N2O/c1-2-8-14(13-9-4-3-5-10-13)16(19)18-15-11-6-7-12-17-15/h3-7,9-12,14H,2,8H2,1H3,(H,17,18,19). The Bertz CT molecular complexity index is 511. The lowest BCUT2D eigenvalue weighted by Gasteiger charge is -2.16. The quantitative estimate of drug-likeness (QED) is 0.885. The van der Waals surface area contributed by atoms with Crippen LogP contribution in [0.5, 0.6) is 0 Å². The summed E-state index contributed by atoms with van der Waals surface area (Å²) in [7, 11) is 0. The Hall–Kier alpha value is -2.16. The van der Waals surface area contributed by atoms with Crippen LogP contribution in [0.2, 0.25) is 0 Å². The molecule has 1 aromatic carbocycles. The Morgan fingerprint density at radius 2 is 1.89 bits per heavy atom. The number of nitrogens with zero attached hydrogens (tertiary/aromatic N) is 1. The van der Waals surface area contributed by atoms with Gasteiger partial charge in [0.2, 0.25) is 5.91 Å². The number of nitrogens with one attached hydrogen (secondary N) is 1. The highest BCUT2D eigenvalue weighted by Gasteiger charge is 2.19. The van der Waals surface area contributed by atoms with Crippen LogP contribution in [-0.2, 0) is 4.79 Å². The van der Waals surface area contributed by atoms with E-state index in [1.54, 1.807) is 12.3 Å². The van der Waals surface area contributed by atoms with Crippen molar-refractivity contribution in [3.05, 3.63) is 60.3 Å². The van der Waals surface area contributed by atoms with E-state index in [4.69, 9.17) is 0 Å². The van der Waals surface area contributed by atoms with Gasteiger partial charge in [-0.05, 0) is 24.1 Å². The number of hydrogen-bond acceptors (Lipinski definition) is 2. The molecule has 1 atom stereocenters. The molecule has 98 valence electrons. The molecule has 1 aromatic heterocycles. The summed E-state index contributed by atoms with van der Waals surface area (Å²) in [5.41, 5.74) is 1.05. The molecule has 3 heteroatoms. The fourth-order valence-electron chi connectivity index (χ4n) is 2.07. The second-order valence-electron chi connectivity index (χ2n) is 4.46. The molecule has 0 saturated heterocycles. The van der Waals surface area contributed by atoms with Crippen molar-refractivity contribution in [2.45, 2.75) is 25.7 Å². The molecule has 1 unspecified atom stereocenters. The zero-order valence-corrected chi connectivity index (χ0v) is 11.0. The minimum atomic E-state index is -0.117. The van der Waals surface area contributed by atoms with Gasteiger partial charge < -0.3 is 5.32 Å². The summed E-state index contributed by atoms with van der Waals surface area (Å²) in [5, 5.41) is 2.88. The van der Waals surface area contributed by atoms with Crippen LogP contribution in [0.15, 0.2) is 54.7 Å². The highest BCUT2D eigenvalue weighted by atomic mass is 16.1. The molecule has 0 bridgehead atoms. The number of hydrogen-bond donors (Lipinski definition) is 1. The summed E-state index contributed by atoms with van der Waals surface area (Å²) in [5.74, 6) is 0.490. The second-order valence-corrected chi connectivity index (χ2v) is 4.46. The molecule has 2 aromatic rings. The highest BCUT2D eigenvalue weighted by molar-refractivity contribution is 5.95. The molecular formula is C16H18N2O. The van der Waals surface area contributed by atoms with Gasteiger partial charge in [-0.1, -0.05) is 49.7 Å². The lowest BCUT2D eigenvalue weighted by Crippen LogP contribution is -2.21. The Labute approximate surface area is 113 Å². The monoisotopic (exact) mass is 254 g/mol. The number of amides is 1. The molecule has 0 aliphatic heterocycles. The maximum Gasteiger partial charge on any atom is 0.233 e. The van der Waals surface area contributed by atoms with Gasteiger partial charge in [-0.25, -0.2) is 4.98 Å². The molecule has 0 aliphatic rings. The summed E-state index contributed by atoms with van der Waals surface area (Å²) in [6.07, 6.45) is 3.48. The Kier molecular flexibility index (Phi) is 4.67. The summed E-state index contributed by atoms with van der Waals surface area (Å²) in [6.45, 7) is 2.09. The Morgan fingerprint density at radius 1 is 1.16 bits per heavy atom. The van der Waals surface area contributed by atoms with Gasteiger partial charge in [0.1, 0.15) is 5.82 Å². The third-order valence-corrected chi connectivity index (χ3v) is 3.01. The van der Waals surface area contributed by atoms with Crippen LogP contribution < -0.4 is 5.32 Å². The lowest BCUT2D eigenvalue weighted by atomic mass is 9.94. The molecule has 19 heavy (non-hydrogen) atoms. The lowest BCUT2D eigenvalue weighted by molar-refractivity contribution is -0.117. The first-order valence-electron chi connectivity index (χ1n) is 6.58. The average Bonchev–Trinajstić information content (AvgIpc) is 2.46. The number of carbonyl (C=O) groups is 1. The van der Waals surface area contributed by atoms with Gasteiger partial charge in [0.05, 0.1) is 5.92 Å². The molecule has 0 spiro atoms. The molecule has 1 N–H and O–H groups in total. The number of anilines is 1. The van der Waals surface area contributed by atoms with Crippen LogP contribution in [-0.4, -0.2) is 10.9 Å². The van der Waals surface area contributed by atoms with Crippen LogP contribution in [0.4, 0.5) is 5.82 Å². The van der Waals surface area contributed by atoms with E-state index >= 15 is 0 Å². The minimum Gasteiger partial charge on any atom is -0.310 e. The first-order chi connectivity index (χ1) is 9.31. The summed E-state index contributed by atoms with van der Waals surface area (Å²) in [6, 6.07) is 15.4. The normalized spacial score (nSPS) is 11.8. The van der Waals surface area contributed by atoms with Crippen molar-refractivity contribution in [1.82, 2.24) is 4.98 Å². The molecule has 0 aliphatic carbocycles. The summed E-state index contributed by atoms with van der Waals surface area (Å²) >= 11 is 0. The Morgan fingerprint density at radius 3 is 2.53 bits per heavy atom. The second kappa shape index (κ2) is 6.69. The van der Waals surface area contributed by atoms with Crippen molar-refractivity contribution in [3.8, 4) is 0 Å². The fraction of sp³-hybridized carbons (Fsp3) is 0.250. The first-order valence-corrected chi connectivity index (χ1v) is 6.58. The summed E-state index contributed by atoms with van der Waals surface area (Å²) < 4.78 is 0. The van der Waals surface area contributed by atoms with E-state index in [0.29, 0.717) is 5.82 Å². The Balaban J connectivity index is 2.13. The van der Waals surface area contributed by atoms with Gasteiger partial charge in [-0.2, -0.15) is 0 Å². The third kappa shape index (κ3) is 3.65. The average molecular weight is 254 g/mol. The van der Waals surface area contributed by atoms with Gasteiger partial charge in [0.25, 0.3) is 0 Å². The van der Waals surface area contributed by atoms with Crippen LogP contribution >= 0.6 is 0 Å². The largest absolute Gasteiger partial charge is 0.310 e. The number of carbonyl (C=O) groups excluding carboxylic acids is 1. The molecular weight excluding hydrogens is 236 g/mol. The fourth-order valence-corrected chi connectivity index (χ4v) is 2.07. The predicted molar refractivity (Wildman–Crippen MR) is 77.0 cm³/mol. The number of rotatable bonds is 5. The van der Waals surface area contributed by atoms with Crippen LogP contribution in [0.25, 0.3) is 0 Å². The van der Waals surface area contributed by atoms with Crippen molar-refractivity contribution >= 4 is 11.7 Å². The summed E-state index contributed by atoms with van der Waals surface area (Å²) in [4.78, 5) is 16.5. The molecule has 0 radical (unpaired) electrons. The molecule has 2 rings (SSSR count). The van der Waals surface area contributed by atoms with Gasteiger partial charge in [-0.15, -0.1) is 0 Å². The van der Waals surface area contributed by atoms with Gasteiger partial charge in [-0.3, -0.25) is 4.79 Å². The number of aromatic nitrogens is 1. The highest BCUT2D eigenvalue weighted by Crippen LogP contribution is 2.22. The van der Waals surface area contributed by atoms with E-state index in [2.05, 4.69) is 17.2 Å². The molecule has 0 saturated carbocycles. The van der Waals surface area contributed by atoms with Gasteiger partial charge in [0.15, 0.2) is 0 Å². The van der Waals surface area contributed by atoms with Crippen molar-refractivity contribution in [1.29, 1.82) is 0 Å². The van der Waals surface area contributed by atoms with Crippen molar-refractivity contribution in [3.63, 3.8) is 0 Å². The maximum atomic E-state index is 12.4. The van der Waals surface area contributed by atoms with Crippen molar-refractivity contribution < 1.29 is 4.79 Å². The van der Waals surface area contributed by atoms with E-state index in [1.807, 2.05) is 42.5 Å². The molecule has 1 heterocycles. The van der Waals surface area contributed by atoms with E-state index in [9.17, 15) is 4.79 Å². The third-order valence-electron chi connectivity index (χ3n) is 3.01. The zero-order chi connectivity index (χ0) is 13.5. The van der Waals surface area contributed by atoms with Crippen molar-refractivity contribution in [2.75, 3.05) is 5.32 Å². The number of benzene rings is 1. The SMILES string of the molecule is CCCC(C(=O)Nc1ccccn1)c1ccccc1. The topological polar surface area (TPSA) is 42.0 Å². The predicted octanol–water partition coefficient (Wildman–Crippen LogP) is 3.60. The molecule has 3 nitrogen and oxygen atoms in total. The van der Waals surface area contributed by atoms with E-state index < -0.39 is 0 Å². The number of pyridine rings is 1.